The Bertz CT molecular complexity index is 536. The van der Waals surface area contributed by atoms with Gasteiger partial charge in [0.1, 0.15) is 5.56 Å². The number of hydrogen-bond acceptors (Lipinski definition) is 3. The van der Waals surface area contributed by atoms with Crippen LogP contribution in [0.3, 0.4) is 0 Å². The molecule has 5 heteroatoms. The fraction of sp³-hybridized carbons (Fsp3) is 0.571. The van der Waals surface area contributed by atoms with Gasteiger partial charge in [0, 0.05) is 5.69 Å². The van der Waals surface area contributed by atoms with Gasteiger partial charge in [-0.1, -0.05) is 12.8 Å². The number of carbonyl (C=O) groups is 1. The average molecular weight is 264 g/mol. The molecule has 1 fully saturated rings. The van der Waals surface area contributed by atoms with Gasteiger partial charge in [-0.05, 0) is 38.3 Å². The van der Waals surface area contributed by atoms with E-state index < -0.39 is 12.0 Å². The highest BCUT2D eigenvalue weighted by Crippen LogP contribution is 2.18. The summed E-state index contributed by atoms with van der Waals surface area (Å²) in [6.45, 7) is 3.52. The van der Waals surface area contributed by atoms with E-state index in [1.807, 2.05) is 0 Å². The maximum atomic E-state index is 12.2. The number of aromatic amines is 1. The van der Waals surface area contributed by atoms with Gasteiger partial charge in [-0.2, -0.15) is 0 Å². The van der Waals surface area contributed by atoms with Crippen LogP contribution in [0.1, 0.15) is 47.3 Å². The third-order valence-corrected chi connectivity index (χ3v) is 3.64. The molecule has 0 aliphatic heterocycles. The smallest absolute Gasteiger partial charge is 0.261 e. The Labute approximate surface area is 112 Å². The van der Waals surface area contributed by atoms with Crippen molar-refractivity contribution in [2.24, 2.45) is 0 Å². The Morgan fingerprint density at radius 2 is 2.05 bits per heavy atom. The lowest BCUT2D eigenvalue weighted by Gasteiger charge is -2.28. The Morgan fingerprint density at radius 3 is 2.68 bits per heavy atom. The van der Waals surface area contributed by atoms with E-state index in [0.29, 0.717) is 12.0 Å². The summed E-state index contributed by atoms with van der Waals surface area (Å²) in [6, 6.07) is 1.52. The Kier molecular flexibility index (Phi) is 4.04. The fourth-order valence-corrected chi connectivity index (χ4v) is 2.66. The summed E-state index contributed by atoms with van der Waals surface area (Å²) in [6.07, 6.45) is 2.93. The zero-order valence-electron chi connectivity index (χ0n) is 11.3. The van der Waals surface area contributed by atoms with E-state index in [1.54, 1.807) is 19.9 Å². The summed E-state index contributed by atoms with van der Waals surface area (Å²) >= 11 is 0. The number of aliphatic hydroxyl groups excluding tert-OH is 1. The second kappa shape index (κ2) is 5.57. The van der Waals surface area contributed by atoms with Gasteiger partial charge in [0.25, 0.3) is 11.5 Å². The normalized spacial score (nSPS) is 23.1. The van der Waals surface area contributed by atoms with Crippen LogP contribution in [-0.4, -0.2) is 28.1 Å². The summed E-state index contributed by atoms with van der Waals surface area (Å²) in [5.74, 6) is -0.398. The topological polar surface area (TPSA) is 82.2 Å². The van der Waals surface area contributed by atoms with E-state index in [0.717, 1.165) is 25.0 Å². The van der Waals surface area contributed by atoms with Gasteiger partial charge in [-0.3, -0.25) is 9.59 Å². The van der Waals surface area contributed by atoms with Crippen molar-refractivity contribution in [1.82, 2.24) is 10.3 Å². The van der Waals surface area contributed by atoms with Crippen molar-refractivity contribution in [2.75, 3.05) is 0 Å². The number of aromatic nitrogens is 1. The summed E-state index contributed by atoms with van der Waals surface area (Å²) in [4.78, 5) is 26.6. The second-order valence-electron chi connectivity index (χ2n) is 5.27. The molecule has 2 rings (SSSR count). The molecule has 1 heterocycles. The van der Waals surface area contributed by atoms with Crippen molar-refractivity contribution < 1.29 is 9.90 Å². The minimum absolute atomic E-state index is 0.142. The first kappa shape index (κ1) is 13.8. The van der Waals surface area contributed by atoms with Gasteiger partial charge in [0.05, 0.1) is 12.1 Å². The summed E-state index contributed by atoms with van der Waals surface area (Å²) in [5, 5.41) is 12.6. The molecule has 2 atom stereocenters. The molecule has 1 aliphatic carbocycles. The van der Waals surface area contributed by atoms with Crippen LogP contribution in [0, 0.1) is 13.8 Å². The predicted octanol–water partition coefficient (Wildman–Crippen LogP) is 1.03. The van der Waals surface area contributed by atoms with Crippen molar-refractivity contribution in [3.63, 3.8) is 0 Å². The molecule has 104 valence electrons. The molecule has 19 heavy (non-hydrogen) atoms. The van der Waals surface area contributed by atoms with E-state index >= 15 is 0 Å². The van der Waals surface area contributed by atoms with Gasteiger partial charge in [0.2, 0.25) is 0 Å². The third-order valence-electron chi connectivity index (χ3n) is 3.64. The second-order valence-corrected chi connectivity index (χ2v) is 5.27. The lowest BCUT2D eigenvalue weighted by molar-refractivity contribution is 0.0715. The van der Waals surface area contributed by atoms with Gasteiger partial charge in [0.15, 0.2) is 0 Å². The van der Waals surface area contributed by atoms with Crippen LogP contribution in [-0.2, 0) is 0 Å². The predicted molar refractivity (Wildman–Crippen MR) is 72.3 cm³/mol. The van der Waals surface area contributed by atoms with Crippen LogP contribution in [0.15, 0.2) is 10.9 Å². The van der Waals surface area contributed by atoms with Crippen LogP contribution >= 0.6 is 0 Å². The molecular weight excluding hydrogens is 244 g/mol. The lowest BCUT2D eigenvalue weighted by Crippen LogP contribution is -2.46. The van der Waals surface area contributed by atoms with Gasteiger partial charge < -0.3 is 15.4 Å². The van der Waals surface area contributed by atoms with Gasteiger partial charge in [-0.25, -0.2) is 0 Å². The fourth-order valence-electron chi connectivity index (χ4n) is 2.66. The van der Waals surface area contributed by atoms with Crippen LogP contribution in [0.4, 0.5) is 0 Å². The number of rotatable bonds is 2. The first-order chi connectivity index (χ1) is 8.99. The van der Waals surface area contributed by atoms with E-state index in [2.05, 4.69) is 10.3 Å². The molecule has 0 unspecified atom stereocenters. The zero-order valence-corrected chi connectivity index (χ0v) is 11.3. The number of nitrogens with one attached hydrogen (secondary N) is 2. The minimum Gasteiger partial charge on any atom is -0.391 e. The van der Waals surface area contributed by atoms with Crippen LogP contribution in [0.2, 0.25) is 0 Å². The highest BCUT2D eigenvalue weighted by molar-refractivity contribution is 5.95. The summed E-state index contributed by atoms with van der Waals surface area (Å²) < 4.78 is 0. The zero-order chi connectivity index (χ0) is 14.0. The van der Waals surface area contributed by atoms with Gasteiger partial charge in [-0.15, -0.1) is 0 Å². The van der Waals surface area contributed by atoms with E-state index in [4.69, 9.17) is 0 Å². The molecule has 3 N–H and O–H groups in total. The number of hydrogen-bond donors (Lipinski definition) is 3. The average Bonchev–Trinajstić information content (AvgIpc) is 2.30. The minimum atomic E-state index is -0.512. The maximum Gasteiger partial charge on any atom is 0.261 e. The summed E-state index contributed by atoms with van der Waals surface area (Å²) in [5.41, 5.74) is 1.16. The molecule has 0 radical (unpaired) electrons. The van der Waals surface area contributed by atoms with Crippen LogP contribution in [0.25, 0.3) is 0 Å². The third kappa shape index (κ3) is 3.04. The molecule has 1 saturated carbocycles. The Hall–Kier alpha value is -1.62. The van der Waals surface area contributed by atoms with Crippen molar-refractivity contribution in [2.45, 2.75) is 51.7 Å². The van der Waals surface area contributed by atoms with Crippen LogP contribution in [0.5, 0.6) is 0 Å². The van der Waals surface area contributed by atoms with Crippen molar-refractivity contribution in [1.29, 1.82) is 0 Å². The molecule has 1 aromatic heterocycles. The number of amides is 1. The largest absolute Gasteiger partial charge is 0.391 e. The molecule has 5 nitrogen and oxygen atoms in total. The number of carbonyl (C=O) groups excluding carboxylic acids is 1. The molecule has 1 amide bonds. The van der Waals surface area contributed by atoms with Crippen molar-refractivity contribution in [3.05, 3.63) is 33.2 Å². The Morgan fingerprint density at radius 1 is 1.37 bits per heavy atom. The number of aryl methyl sites for hydroxylation is 2. The molecule has 0 aromatic carbocycles. The maximum absolute atomic E-state index is 12.2. The number of aliphatic hydroxyl groups is 1. The lowest BCUT2D eigenvalue weighted by atomic mass is 9.92. The number of pyridine rings is 1. The monoisotopic (exact) mass is 264 g/mol. The first-order valence-electron chi connectivity index (χ1n) is 6.68. The highest BCUT2D eigenvalue weighted by atomic mass is 16.3. The molecule has 0 spiro atoms. The van der Waals surface area contributed by atoms with Gasteiger partial charge >= 0.3 is 0 Å². The van der Waals surface area contributed by atoms with Crippen molar-refractivity contribution >= 4 is 5.91 Å². The molecular formula is C14H20N2O3. The SMILES string of the molecule is Cc1cc(C)c(C(=O)N[C@H]2CCCC[C@@H]2O)c(=O)[nH]1. The summed E-state index contributed by atoms with van der Waals surface area (Å²) in [7, 11) is 0. The quantitative estimate of drug-likeness (QED) is 0.746. The van der Waals surface area contributed by atoms with E-state index in [1.165, 1.54) is 0 Å². The molecule has 1 aliphatic rings. The van der Waals surface area contributed by atoms with Crippen LogP contribution < -0.4 is 10.9 Å². The van der Waals surface area contributed by atoms with Crippen molar-refractivity contribution in [3.8, 4) is 0 Å². The highest BCUT2D eigenvalue weighted by Gasteiger charge is 2.26. The standard InChI is InChI=1S/C14H20N2O3/c1-8-7-9(2)15-13(18)12(8)14(19)16-10-5-3-4-6-11(10)17/h7,10-11,17H,3-6H2,1-2H3,(H,15,18)(H,16,19)/t10-,11-/m0/s1. The Balaban J connectivity index is 2.18. The van der Waals surface area contributed by atoms with E-state index in [-0.39, 0.29) is 17.2 Å². The number of H-pyrrole nitrogens is 1. The van der Waals surface area contributed by atoms with E-state index in [9.17, 15) is 14.7 Å². The molecule has 1 aromatic rings. The molecule has 0 saturated heterocycles. The first-order valence-corrected chi connectivity index (χ1v) is 6.68. The molecule has 0 bridgehead atoms.